The number of aromatic nitrogens is 1. The summed E-state index contributed by atoms with van der Waals surface area (Å²) in [5, 5.41) is 2.72. The molecule has 1 atom stereocenters. The van der Waals surface area contributed by atoms with Gasteiger partial charge in [-0.3, -0.25) is 4.90 Å². The van der Waals surface area contributed by atoms with E-state index >= 15 is 0 Å². The van der Waals surface area contributed by atoms with E-state index in [0.717, 1.165) is 44.8 Å². The summed E-state index contributed by atoms with van der Waals surface area (Å²) in [6.07, 6.45) is 2.14. The predicted octanol–water partition coefficient (Wildman–Crippen LogP) is 1.38. The SMILES string of the molecule is CCC1COCCN1CCc1csc(N)n1. The van der Waals surface area contributed by atoms with E-state index < -0.39 is 0 Å². The molecule has 1 unspecified atom stereocenters. The molecule has 90 valence electrons. The molecule has 1 fully saturated rings. The molecule has 1 aromatic rings. The first-order valence-corrected chi connectivity index (χ1v) is 6.69. The first kappa shape index (κ1) is 11.8. The molecule has 0 saturated carbocycles. The normalized spacial score (nSPS) is 22.4. The fourth-order valence-electron chi connectivity index (χ4n) is 2.06. The second-order valence-electron chi connectivity index (χ2n) is 4.10. The number of ether oxygens (including phenoxy) is 1. The van der Waals surface area contributed by atoms with Crippen molar-refractivity contribution in [3.63, 3.8) is 0 Å². The number of hydrogen-bond acceptors (Lipinski definition) is 5. The maximum Gasteiger partial charge on any atom is 0.180 e. The van der Waals surface area contributed by atoms with Gasteiger partial charge in [-0.1, -0.05) is 6.92 Å². The molecule has 4 nitrogen and oxygen atoms in total. The molecular formula is C11H19N3OS. The van der Waals surface area contributed by atoms with Gasteiger partial charge in [-0.2, -0.15) is 0 Å². The van der Waals surface area contributed by atoms with E-state index in [-0.39, 0.29) is 0 Å². The van der Waals surface area contributed by atoms with Crippen LogP contribution in [0.5, 0.6) is 0 Å². The van der Waals surface area contributed by atoms with E-state index in [1.807, 2.05) is 0 Å². The summed E-state index contributed by atoms with van der Waals surface area (Å²) >= 11 is 1.52. The topological polar surface area (TPSA) is 51.4 Å². The molecule has 1 saturated heterocycles. The number of thiazole rings is 1. The molecule has 0 radical (unpaired) electrons. The maximum atomic E-state index is 5.61. The van der Waals surface area contributed by atoms with Gasteiger partial charge < -0.3 is 10.5 Å². The molecule has 2 heterocycles. The van der Waals surface area contributed by atoms with Crippen molar-refractivity contribution >= 4 is 16.5 Å². The van der Waals surface area contributed by atoms with Crippen molar-refractivity contribution in [1.82, 2.24) is 9.88 Å². The summed E-state index contributed by atoms with van der Waals surface area (Å²) in [6.45, 7) is 6.04. The number of hydrogen-bond donors (Lipinski definition) is 1. The average molecular weight is 241 g/mol. The Bertz CT molecular complexity index is 329. The molecule has 0 spiro atoms. The summed E-state index contributed by atoms with van der Waals surface area (Å²) < 4.78 is 5.48. The van der Waals surface area contributed by atoms with Crippen molar-refractivity contribution in [2.24, 2.45) is 0 Å². The highest BCUT2D eigenvalue weighted by Crippen LogP contribution is 2.14. The third kappa shape index (κ3) is 2.93. The molecule has 1 aliphatic heterocycles. The molecule has 0 amide bonds. The Morgan fingerprint density at radius 3 is 3.25 bits per heavy atom. The Kier molecular flexibility index (Phi) is 4.15. The molecule has 0 aliphatic carbocycles. The van der Waals surface area contributed by atoms with Gasteiger partial charge in [0.1, 0.15) is 0 Å². The number of rotatable bonds is 4. The van der Waals surface area contributed by atoms with Gasteiger partial charge in [0.2, 0.25) is 0 Å². The van der Waals surface area contributed by atoms with Gasteiger partial charge in [0, 0.05) is 30.9 Å². The molecule has 16 heavy (non-hydrogen) atoms. The van der Waals surface area contributed by atoms with Gasteiger partial charge in [0.25, 0.3) is 0 Å². The third-order valence-corrected chi connectivity index (χ3v) is 3.77. The van der Waals surface area contributed by atoms with Crippen LogP contribution < -0.4 is 5.73 Å². The van der Waals surface area contributed by atoms with Gasteiger partial charge in [-0.15, -0.1) is 11.3 Å². The van der Waals surface area contributed by atoms with Crippen LogP contribution in [0.25, 0.3) is 0 Å². The summed E-state index contributed by atoms with van der Waals surface area (Å²) in [6, 6.07) is 0.574. The van der Waals surface area contributed by atoms with E-state index in [4.69, 9.17) is 10.5 Å². The minimum Gasteiger partial charge on any atom is -0.378 e. The van der Waals surface area contributed by atoms with Gasteiger partial charge >= 0.3 is 0 Å². The molecule has 0 aromatic carbocycles. The van der Waals surface area contributed by atoms with Crippen LogP contribution in [0, 0.1) is 0 Å². The standard InChI is InChI=1S/C11H19N3OS/c1-2-10-7-15-6-5-14(10)4-3-9-8-16-11(12)13-9/h8,10H,2-7H2,1H3,(H2,12,13). The van der Waals surface area contributed by atoms with E-state index in [9.17, 15) is 0 Å². The smallest absolute Gasteiger partial charge is 0.180 e. The van der Waals surface area contributed by atoms with E-state index in [1.165, 1.54) is 11.3 Å². The third-order valence-electron chi connectivity index (χ3n) is 3.05. The van der Waals surface area contributed by atoms with Gasteiger partial charge in [-0.05, 0) is 6.42 Å². The monoisotopic (exact) mass is 241 g/mol. The molecule has 1 aromatic heterocycles. The molecule has 0 bridgehead atoms. The minimum atomic E-state index is 0.574. The van der Waals surface area contributed by atoms with Crippen molar-refractivity contribution in [3.05, 3.63) is 11.1 Å². The average Bonchev–Trinajstić information content (AvgIpc) is 2.73. The first-order chi connectivity index (χ1) is 7.79. The zero-order valence-electron chi connectivity index (χ0n) is 9.69. The van der Waals surface area contributed by atoms with Crippen LogP contribution in [-0.2, 0) is 11.2 Å². The number of nitrogens with two attached hydrogens (primary N) is 1. The highest BCUT2D eigenvalue weighted by atomic mass is 32.1. The van der Waals surface area contributed by atoms with Crippen LogP contribution >= 0.6 is 11.3 Å². The molecule has 2 N–H and O–H groups in total. The van der Waals surface area contributed by atoms with Crippen LogP contribution in [0.3, 0.4) is 0 Å². The van der Waals surface area contributed by atoms with Crippen molar-refractivity contribution in [2.45, 2.75) is 25.8 Å². The van der Waals surface area contributed by atoms with Gasteiger partial charge in [-0.25, -0.2) is 4.98 Å². The summed E-state index contributed by atoms with van der Waals surface area (Å²) in [5.74, 6) is 0. The second-order valence-corrected chi connectivity index (χ2v) is 4.99. The van der Waals surface area contributed by atoms with Crippen LogP contribution in [-0.4, -0.2) is 42.2 Å². The van der Waals surface area contributed by atoms with E-state index in [1.54, 1.807) is 0 Å². The Morgan fingerprint density at radius 1 is 1.69 bits per heavy atom. The van der Waals surface area contributed by atoms with Gasteiger partial charge in [0.05, 0.1) is 18.9 Å². The Hall–Kier alpha value is -0.650. The Morgan fingerprint density at radius 2 is 2.56 bits per heavy atom. The van der Waals surface area contributed by atoms with E-state index in [2.05, 4.69) is 22.2 Å². The lowest BCUT2D eigenvalue weighted by atomic mass is 10.1. The fourth-order valence-corrected chi connectivity index (χ4v) is 2.65. The highest BCUT2D eigenvalue weighted by molar-refractivity contribution is 7.13. The van der Waals surface area contributed by atoms with Crippen LogP contribution in [0.15, 0.2) is 5.38 Å². The Labute approximate surface area is 100 Å². The van der Waals surface area contributed by atoms with Crippen LogP contribution in [0.2, 0.25) is 0 Å². The first-order valence-electron chi connectivity index (χ1n) is 5.81. The minimum absolute atomic E-state index is 0.574. The maximum absolute atomic E-state index is 5.61. The predicted molar refractivity (Wildman–Crippen MR) is 66.7 cm³/mol. The van der Waals surface area contributed by atoms with Crippen molar-refractivity contribution in [3.8, 4) is 0 Å². The van der Waals surface area contributed by atoms with Crippen LogP contribution in [0.4, 0.5) is 5.13 Å². The quantitative estimate of drug-likeness (QED) is 0.865. The van der Waals surface area contributed by atoms with E-state index in [0.29, 0.717) is 11.2 Å². The van der Waals surface area contributed by atoms with Crippen molar-refractivity contribution in [1.29, 1.82) is 0 Å². The Balaban J connectivity index is 1.84. The summed E-state index contributed by atoms with van der Waals surface area (Å²) in [4.78, 5) is 6.78. The van der Waals surface area contributed by atoms with Crippen molar-refractivity contribution in [2.75, 3.05) is 32.0 Å². The van der Waals surface area contributed by atoms with Gasteiger partial charge in [0.15, 0.2) is 5.13 Å². The summed E-state index contributed by atoms with van der Waals surface area (Å²) in [5.41, 5.74) is 6.73. The highest BCUT2D eigenvalue weighted by Gasteiger charge is 2.20. The summed E-state index contributed by atoms with van der Waals surface area (Å²) in [7, 11) is 0. The number of anilines is 1. The number of morpholine rings is 1. The zero-order valence-corrected chi connectivity index (χ0v) is 10.5. The zero-order chi connectivity index (χ0) is 11.4. The molecular weight excluding hydrogens is 222 g/mol. The lowest BCUT2D eigenvalue weighted by Gasteiger charge is -2.34. The lowest BCUT2D eigenvalue weighted by molar-refractivity contribution is -0.00800. The fraction of sp³-hybridized carbons (Fsp3) is 0.727. The molecule has 5 heteroatoms. The largest absolute Gasteiger partial charge is 0.378 e. The second kappa shape index (κ2) is 5.61. The van der Waals surface area contributed by atoms with Crippen LogP contribution in [0.1, 0.15) is 19.0 Å². The van der Waals surface area contributed by atoms with Crippen molar-refractivity contribution < 1.29 is 4.74 Å². The number of nitrogen functional groups attached to an aromatic ring is 1. The number of nitrogens with zero attached hydrogens (tertiary/aromatic N) is 2. The lowest BCUT2D eigenvalue weighted by Crippen LogP contribution is -2.45. The molecule has 2 rings (SSSR count). The molecule has 1 aliphatic rings.